The van der Waals surface area contributed by atoms with Gasteiger partial charge in [-0.15, -0.1) is 0 Å². The Morgan fingerprint density at radius 3 is 3.18 bits per heavy atom. The Morgan fingerprint density at radius 2 is 2.45 bits per heavy atom. The van der Waals surface area contributed by atoms with Crippen LogP contribution in [0.15, 0.2) is 17.0 Å². The van der Waals surface area contributed by atoms with E-state index in [1.165, 1.54) is 5.70 Å². The lowest BCUT2D eigenvalue weighted by atomic mass is 10.1. The number of hydrogen-bond acceptors (Lipinski definition) is 3. The van der Waals surface area contributed by atoms with Crippen molar-refractivity contribution >= 4 is 6.02 Å². The molecule has 11 heavy (non-hydrogen) atoms. The first-order valence-corrected chi connectivity index (χ1v) is 3.98. The molecule has 0 aliphatic carbocycles. The maximum atomic E-state index is 5.26. The van der Waals surface area contributed by atoms with Crippen LogP contribution in [0.25, 0.3) is 0 Å². The zero-order chi connectivity index (χ0) is 7.84. The summed E-state index contributed by atoms with van der Waals surface area (Å²) in [7, 11) is 0. The molecule has 0 aromatic heterocycles. The zero-order valence-electron chi connectivity index (χ0n) is 6.87. The first kappa shape index (κ1) is 6.70. The molecule has 3 heteroatoms. The second-order valence-electron chi connectivity index (χ2n) is 3.13. The number of nitrogens with zero attached hydrogens (tertiary/aromatic N) is 2. The maximum absolute atomic E-state index is 5.26. The van der Waals surface area contributed by atoms with E-state index >= 15 is 0 Å². The predicted molar refractivity (Wildman–Crippen MR) is 43.0 cm³/mol. The van der Waals surface area contributed by atoms with Crippen LogP contribution in [0.5, 0.6) is 0 Å². The average Bonchev–Trinajstić information content (AvgIpc) is 2.41. The van der Waals surface area contributed by atoms with Gasteiger partial charge in [0.05, 0.1) is 12.2 Å². The second kappa shape index (κ2) is 2.26. The number of rotatable bonds is 1. The fourth-order valence-corrected chi connectivity index (χ4v) is 1.39. The van der Waals surface area contributed by atoms with Crippen LogP contribution in [0.3, 0.4) is 0 Å². The SMILES string of the molecule is CC(C)C1=COC2=NCCN12. The molecule has 2 aliphatic rings. The molecule has 0 fully saturated rings. The van der Waals surface area contributed by atoms with Crippen LogP contribution in [-0.2, 0) is 4.74 Å². The summed E-state index contributed by atoms with van der Waals surface area (Å²) in [4.78, 5) is 6.34. The third-order valence-electron chi connectivity index (χ3n) is 1.99. The lowest BCUT2D eigenvalue weighted by Gasteiger charge is -2.16. The Balaban J connectivity index is 2.20. The smallest absolute Gasteiger partial charge is 0.296 e. The van der Waals surface area contributed by atoms with Gasteiger partial charge in [0, 0.05) is 6.54 Å². The highest BCUT2D eigenvalue weighted by Crippen LogP contribution is 2.24. The van der Waals surface area contributed by atoms with Crippen LogP contribution in [0.4, 0.5) is 0 Å². The Bertz CT molecular complexity index is 230. The molecule has 0 saturated carbocycles. The Labute approximate surface area is 66.4 Å². The summed E-state index contributed by atoms with van der Waals surface area (Å²) in [5, 5.41) is 0. The van der Waals surface area contributed by atoms with Crippen molar-refractivity contribution in [1.29, 1.82) is 0 Å². The topological polar surface area (TPSA) is 24.8 Å². The molecule has 0 aromatic carbocycles. The van der Waals surface area contributed by atoms with E-state index in [2.05, 4.69) is 23.7 Å². The fourth-order valence-electron chi connectivity index (χ4n) is 1.39. The molecule has 0 aromatic rings. The van der Waals surface area contributed by atoms with E-state index < -0.39 is 0 Å². The van der Waals surface area contributed by atoms with Gasteiger partial charge in [0.25, 0.3) is 6.02 Å². The molecule has 0 spiro atoms. The van der Waals surface area contributed by atoms with Crippen molar-refractivity contribution in [2.75, 3.05) is 13.1 Å². The van der Waals surface area contributed by atoms with Crippen LogP contribution in [0.1, 0.15) is 13.8 Å². The van der Waals surface area contributed by atoms with Gasteiger partial charge >= 0.3 is 0 Å². The molecule has 3 nitrogen and oxygen atoms in total. The minimum atomic E-state index is 0.529. The molecule has 2 heterocycles. The van der Waals surface area contributed by atoms with Gasteiger partial charge in [-0.05, 0) is 5.92 Å². The van der Waals surface area contributed by atoms with Crippen molar-refractivity contribution in [2.45, 2.75) is 13.8 Å². The van der Waals surface area contributed by atoms with Gasteiger partial charge in [-0.25, -0.2) is 4.99 Å². The van der Waals surface area contributed by atoms with Gasteiger partial charge in [-0.3, -0.25) is 4.90 Å². The quantitative estimate of drug-likeness (QED) is 0.563. The van der Waals surface area contributed by atoms with E-state index in [4.69, 9.17) is 4.74 Å². The van der Waals surface area contributed by atoms with Crippen LogP contribution < -0.4 is 0 Å². The number of fused-ring (bicyclic) bond motifs is 1. The third-order valence-corrected chi connectivity index (χ3v) is 1.99. The summed E-state index contributed by atoms with van der Waals surface area (Å²) >= 11 is 0. The van der Waals surface area contributed by atoms with E-state index in [0.717, 1.165) is 19.1 Å². The standard InChI is InChI=1S/C8H12N2O/c1-6(2)7-5-11-8-9-3-4-10(7)8/h5-6H,3-4H2,1-2H3. The van der Waals surface area contributed by atoms with Crippen molar-refractivity contribution in [1.82, 2.24) is 4.90 Å². The third kappa shape index (κ3) is 0.914. The van der Waals surface area contributed by atoms with Gasteiger partial charge in [-0.2, -0.15) is 0 Å². The number of allylic oxidation sites excluding steroid dienone is 1. The lowest BCUT2D eigenvalue weighted by molar-refractivity contribution is 0.435. The Kier molecular flexibility index (Phi) is 1.37. The van der Waals surface area contributed by atoms with E-state index in [0.29, 0.717) is 5.92 Å². The number of amidine groups is 1. The first-order valence-electron chi connectivity index (χ1n) is 3.98. The van der Waals surface area contributed by atoms with Crippen molar-refractivity contribution in [3.05, 3.63) is 12.0 Å². The summed E-state index contributed by atoms with van der Waals surface area (Å²) in [6.07, 6.45) is 1.81. The monoisotopic (exact) mass is 152 g/mol. The van der Waals surface area contributed by atoms with E-state index in [9.17, 15) is 0 Å². The summed E-state index contributed by atoms with van der Waals surface area (Å²) in [5.74, 6) is 0.529. The van der Waals surface area contributed by atoms with Gasteiger partial charge in [-0.1, -0.05) is 13.8 Å². The van der Waals surface area contributed by atoms with E-state index in [1.807, 2.05) is 6.26 Å². The number of aliphatic imine (C=N–C) groups is 1. The lowest BCUT2D eigenvalue weighted by Crippen LogP contribution is -2.24. The normalized spacial score (nSPS) is 21.5. The van der Waals surface area contributed by atoms with Gasteiger partial charge < -0.3 is 4.74 Å². The summed E-state index contributed by atoms with van der Waals surface area (Å²) in [5.41, 5.74) is 1.25. The van der Waals surface area contributed by atoms with Crippen molar-refractivity contribution in [3.8, 4) is 0 Å². The Hall–Kier alpha value is -0.990. The van der Waals surface area contributed by atoms with Crippen LogP contribution in [0, 0.1) is 5.92 Å². The largest absolute Gasteiger partial charge is 0.432 e. The Morgan fingerprint density at radius 1 is 1.64 bits per heavy atom. The highest BCUT2D eigenvalue weighted by molar-refractivity contribution is 5.80. The fraction of sp³-hybridized carbons (Fsp3) is 0.625. The highest BCUT2D eigenvalue weighted by atomic mass is 16.5. The second-order valence-corrected chi connectivity index (χ2v) is 3.13. The first-order chi connectivity index (χ1) is 5.29. The summed E-state index contributed by atoms with van der Waals surface area (Å²) in [6, 6.07) is 0.786. The zero-order valence-corrected chi connectivity index (χ0v) is 6.87. The van der Waals surface area contributed by atoms with Gasteiger partial charge in [0.2, 0.25) is 0 Å². The predicted octanol–water partition coefficient (Wildman–Crippen LogP) is 1.19. The molecule has 2 rings (SSSR count). The minimum absolute atomic E-state index is 0.529. The molecule has 0 saturated heterocycles. The molecule has 60 valence electrons. The average molecular weight is 152 g/mol. The molecule has 0 amide bonds. The maximum Gasteiger partial charge on any atom is 0.296 e. The molecule has 0 unspecified atom stereocenters. The summed E-state index contributed by atoms with van der Waals surface area (Å²) in [6.45, 7) is 6.19. The molecule has 0 atom stereocenters. The van der Waals surface area contributed by atoms with Crippen molar-refractivity contribution in [2.24, 2.45) is 10.9 Å². The van der Waals surface area contributed by atoms with Gasteiger partial charge in [0.1, 0.15) is 6.26 Å². The number of ether oxygens (including phenoxy) is 1. The van der Waals surface area contributed by atoms with E-state index in [-0.39, 0.29) is 0 Å². The minimum Gasteiger partial charge on any atom is -0.432 e. The molecular weight excluding hydrogens is 140 g/mol. The number of hydrogen-bond donors (Lipinski definition) is 0. The van der Waals surface area contributed by atoms with Crippen LogP contribution in [0.2, 0.25) is 0 Å². The highest BCUT2D eigenvalue weighted by Gasteiger charge is 2.28. The molecular formula is C8H12N2O. The van der Waals surface area contributed by atoms with Crippen LogP contribution in [-0.4, -0.2) is 24.0 Å². The van der Waals surface area contributed by atoms with Crippen molar-refractivity contribution in [3.63, 3.8) is 0 Å². The molecule has 0 N–H and O–H groups in total. The van der Waals surface area contributed by atoms with Crippen molar-refractivity contribution < 1.29 is 4.74 Å². The summed E-state index contributed by atoms with van der Waals surface area (Å²) < 4.78 is 5.26. The van der Waals surface area contributed by atoms with E-state index in [1.54, 1.807) is 0 Å². The molecule has 0 bridgehead atoms. The van der Waals surface area contributed by atoms with Crippen LogP contribution >= 0.6 is 0 Å². The van der Waals surface area contributed by atoms with Gasteiger partial charge in [0.15, 0.2) is 0 Å². The molecule has 2 aliphatic heterocycles. The molecule has 0 radical (unpaired) electrons.